The number of carbonyl (C=O) groups is 1. The third-order valence-electron chi connectivity index (χ3n) is 4.00. The predicted octanol–water partition coefficient (Wildman–Crippen LogP) is 3.87. The smallest absolute Gasteiger partial charge is 0.248 e. The molecule has 0 N–H and O–H groups in total. The van der Waals surface area contributed by atoms with Crippen LogP contribution in [0, 0.1) is 5.82 Å². The van der Waals surface area contributed by atoms with E-state index in [1.165, 1.54) is 6.07 Å². The molecule has 1 amide bonds. The van der Waals surface area contributed by atoms with Crippen molar-refractivity contribution < 1.29 is 13.9 Å². The van der Waals surface area contributed by atoms with Gasteiger partial charge in [-0.05, 0) is 30.3 Å². The fourth-order valence-corrected chi connectivity index (χ4v) is 3.01. The number of halogens is 2. The lowest BCUT2D eigenvalue weighted by atomic mass is 9.99. The molecule has 0 atom stereocenters. The molecule has 2 aromatic carbocycles. The molecule has 0 radical (unpaired) electrons. The molecule has 3 rings (SSSR count). The van der Waals surface area contributed by atoms with Crippen molar-refractivity contribution in [2.24, 2.45) is 4.99 Å². The van der Waals surface area contributed by atoms with Gasteiger partial charge in [0.05, 0.1) is 24.6 Å². The van der Waals surface area contributed by atoms with Crippen molar-refractivity contribution in [2.45, 2.75) is 0 Å². The van der Waals surface area contributed by atoms with E-state index in [1.54, 1.807) is 47.4 Å². The van der Waals surface area contributed by atoms with Gasteiger partial charge in [-0.3, -0.25) is 9.79 Å². The molecule has 0 spiro atoms. The highest BCUT2D eigenvalue weighted by molar-refractivity contribution is 6.32. The van der Waals surface area contributed by atoms with E-state index in [-0.39, 0.29) is 12.5 Å². The molecule has 6 heteroatoms. The largest absolute Gasteiger partial charge is 0.376 e. The Morgan fingerprint density at radius 3 is 2.85 bits per heavy atom. The van der Waals surface area contributed by atoms with Gasteiger partial charge in [0, 0.05) is 22.7 Å². The maximum absolute atomic E-state index is 14.3. The van der Waals surface area contributed by atoms with E-state index in [0.29, 0.717) is 47.3 Å². The summed E-state index contributed by atoms with van der Waals surface area (Å²) in [7, 11) is 0. The highest BCUT2D eigenvalue weighted by atomic mass is 35.5. The third-order valence-corrected chi connectivity index (χ3v) is 4.24. The molecule has 4 nitrogen and oxygen atoms in total. The number of rotatable bonds is 6. The molecule has 26 heavy (non-hydrogen) atoms. The highest BCUT2D eigenvalue weighted by Gasteiger charge is 2.26. The van der Waals surface area contributed by atoms with Gasteiger partial charge in [0.15, 0.2) is 0 Å². The number of benzene rings is 2. The van der Waals surface area contributed by atoms with Crippen molar-refractivity contribution in [3.8, 4) is 0 Å². The zero-order valence-electron chi connectivity index (χ0n) is 14.1. The quantitative estimate of drug-likeness (QED) is 0.570. The van der Waals surface area contributed by atoms with Gasteiger partial charge in [0.2, 0.25) is 5.91 Å². The second-order valence-electron chi connectivity index (χ2n) is 5.72. The molecule has 1 aliphatic heterocycles. The fraction of sp³-hybridized carbons (Fsp3) is 0.200. The fourth-order valence-electron chi connectivity index (χ4n) is 2.84. The molecule has 0 saturated heterocycles. The van der Waals surface area contributed by atoms with Crippen molar-refractivity contribution in [3.05, 3.63) is 77.1 Å². The van der Waals surface area contributed by atoms with E-state index in [1.807, 2.05) is 0 Å². The molecule has 0 unspecified atom stereocenters. The monoisotopic (exact) mass is 372 g/mol. The molecule has 2 aromatic rings. The van der Waals surface area contributed by atoms with Crippen LogP contribution in [0.15, 0.2) is 60.1 Å². The molecular weight excluding hydrogens is 355 g/mol. The number of anilines is 1. The first-order valence-electron chi connectivity index (χ1n) is 8.20. The van der Waals surface area contributed by atoms with Crippen molar-refractivity contribution in [3.63, 3.8) is 0 Å². The van der Waals surface area contributed by atoms with Gasteiger partial charge in [-0.25, -0.2) is 4.39 Å². The summed E-state index contributed by atoms with van der Waals surface area (Å²) in [5.41, 5.74) is 2.02. The number of hydrogen-bond donors (Lipinski definition) is 0. The Bertz CT molecular complexity index is 867. The number of amides is 1. The first-order chi connectivity index (χ1) is 12.6. The summed E-state index contributed by atoms with van der Waals surface area (Å²) in [6.07, 6.45) is 1.65. The molecule has 0 bridgehead atoms. The van der Waals surface area contributed by atoms with E-state index in [4.69, 9.17) is 16.3 Å². The van der Waals surface area contributed by atoms with Crippen LogP contribution in [0.2, 0.25) is 5.02 Å². The van der Waals surface area contributed by atoms with Crippen LogP contribution in [0.3, 0.4) is 0 Å². The van der Waals surface area contributed by atoms with Crippen LogP contribution in [0.5, 0.6) is 0 Å². The molecule has 0 aliphatic carbocycles. The summed E-state index contributed by atoms with van der Waals surface area (Å²) in [6.45, 7) is 4.65. The second kappa shape index (κ2) is 8.25. The molecule has 1 heterocycles. The predicted molar refractivity (Wildman–Crippen MR) is 102 cm³/mol. The molecule has 0 aromatic heterocycles. The minimum absolute atomic E-state index is 0.0720. The van der Waals surface area contributed by atoms with Crippen molar-refractivity contribution in [2.75, 3.05) is 31.2 Å². The van der Waals surface area contributed by atoms with Gasteiger partial charge in [-0.15, -0.1) is 6.58 Å². The SMILES string of the molecule is C=CCOCCN1C(=O)CN=C(c2ccccc2F)c2cc(Cl)ccc21. The molecular formula is C20H18ClFN2O2. The summed E-state index contributed by atoms with van der Waals surface area (Å²) in [5.74, 6) is -0.575. The van der Waals surface area contributed by atoms with Gasteiger partial charge >= 0.3 is 0 Å². The number of hydrogen-bond acceptors (Lipinski definition) is 3. The summed E-state index contributed by atoms with van der Waals surface area (Å²) in [6, 6.07) is 11.5. The number of benzodiazepines with no additional fused rings is 1. The standard InChI is InChI=1S/C20H18ClFN2O2/c1-2-10-26-11-9-24-18-8-7-14(21)12-16(18)20(23-13-19(24)25)15-5-3-4-6-17(15)22/h2-8,12H,1,9-11,13H2. The Kier molecular flexibility index (Phi) is 5.81. The van der Waals surface area contributed by atoms with Crippen LogP contribution in [0.1, 0.15) is 11.1 Å². The maximum atomic E-state index is 14.3. The van der Waals surface area contributed by atoms with Crippen LogP contribution >= 0.6 is 11.6 Å². The van der Waals surface area contributed by atoms with Crippen LogP contribution < -0.4 is 4.90 Å². The lowest BCUT2D eigenvalue weighted by Gasteiger charge is -2.23. The number of carbonyl (C=O) groups excluding carboxylic acids is 1. The third kappa shape index (κ3) is 3.84. The van der Waals surface area contributed by atoms with E-state index in [2.05, 4.69) is 11.6 Å². The Hall–Kier alpha value is -2.50. The summed E-state index contributed by atoms with van der Waals surface area (Å²) in [5, 5.41) is 0.491. The van der Waals surface area contributed by atoms with Crippen LogP contribution in [0.25, 0.3) is 0 Å². The Labute approximate surface area is 156 Å². The minimum atomic E-state index is -0.396. The number of aliphatic imine (C=N–C) groups is 1. The zero-order chi connectivity index (χ0) is 18.5. The minimum Gasteiger partial charge on any atom is -0.376 e. The summed E-state index contributed by atoms with van der Waals surface area (Å²) in [4.78, 5) is 18.6. The van der Waals surface area contributed by atoms with Crippen LogP contribution in [0.4, 0.5) is 10.1 Å². The van der Waals surface area contributed by atoms with Crippen molar-refractivity contribution in [1.29, 1.82) is 0 Å². The Morgan fingerprint density at radius 2 is 2.08 bits per heavy atom. The molecule has 1 aliphatic rings. The number of ether oxygens (including phenoxy) is 1. The topological polar surface area (TPSA) is 41.9 Å². The van der Waals surface area contributed by atoms with Gasteiger partial charge in [0.25, 0.3) is 0 Å². The maximum Gasteiger partial charge on any atom is 0.248 e. The summed E-state index contributed by atoms with van der Waals surface area (Å²) < 4.78 is 19.7. The van der Waals surface area contributed by atoms with E-state index < -0.39 is 5.82 Å². The number of fused-ring (bicyclic) bond motifs is 1. The van der Waals surface area contributed by atoms with Gasteiger partial charge in [-0.1, -0.05) is 29.8 Å². The lowest BCUT2D eigenvalue weighted by molar-refractivity contribution is -0.117. The molecule has 0 saturated carbocycles. The zero-order valence-corrected chi connectivity index (χ0v) is 14.9. The van der Waals surface area contributed by atoms with Crippen LogP contribution in [-0.4, -0.2) is 37.9 Å². The highest BCUT2D eigenvalue weighted by Crippen LogP contribution is 2.30. The number of nitrogens with zero attached hydrogens (tertiary/aromatic N) is 2. The lowest BCUT2D eigenvalue weighted by Crippen LogP contribution is -2.35. The van der Waals surface area contributed by atoms with Crippen molar-refractivity contribution in [1.82, 2.24) is 0 Å². The van der Waals surface area contributed by atoms with Gasteiger partial charge in [0.1, 0.15) is 12.4 Å². The van der Waals surface area contributed by atoms with Crippen LogP contribution in [-0.2, 0) is 9.53 Å². The average molecular weight is 373 g/mol. The molecule has 0 fully saturated rings. The van der Waals surface area contributed by atoms with Gasteiger partial charge in [-0.2, -0.15) is 0 Å². The second-order valence-corrected chi connectivity index (χ2v) is 6.15. The average Bonchev–Trinajstić information content (AvgIpc) is 2.76. The first-order valence-corrected chi connectivity index (χ1v) is 8.58. The first kappa shape index (κ1) is 18.3. The van der Waals surface area contributed by atoms with Crippen molar-refractivity contribution >= 4 is 28.9 Å². The van der Waals surface area contributed by atoms with E-state index in [9.17, 15) is 9.18 Å². The summed E-state index contributed by atoms with van der Waals surface area (Å²) >= 11 is 6.16. The normalized spacial score (nSPS) is 13.8. The Morgan fingerprint density at radius 1 is 1.27 bits per heavy atom. The van der Waals surface area contributed by atoms with E-state index in [0.717, 1.165) is 0 Å². The molecule has 134 valence electrons. The van der Waals surface area contributed by atoms with E-state index >= 15 is 0 Å². The van der Waals surface area contributed by atoms with Gasteiger partial charge < -0.3 is 9.64 Å². The Balaban J connectivity index is 2.03.